The molecule has 3 heterocycles. The molecular formula is C43H47N7O7. The molecule has 14 nitrogen and oxygen atoms in total. The Morgan fingerprint density at radius 2 is 1.56 bits per heavy atom. The summed E-state index contributed by atoms with van der Waals surface area (Å²) in [6.45, 7) is 11.6. The zero-order chi connectivity index (χ0) is 40.5. The summed E-state index contributed by atoms with van der Waals surface area (Å²) in [5.74, 6) is 1.74. The van der Waals surface area contributed by atoms with Gasteiger partial charge in [-0.1, -0.05) is 43.3 Å². The van der Waals surface area contributed by atoms with Gasteiger partial charge in [0.25, 0.3) is 5.91 Å². The highest BCUT2D eigenvalue weighted by atomic mass is 16.6. The molecule has 3 aromatic carbocycles. The van der Waals surface area contributed by atoms with Crippen LogP contribution in [0.5, 0.6) is 17.2 Å². The molecule has 0 spiro atoms. The molecule has 2 aromatic heterocycles. The third-order valence-corrected chi connectivity index (χ3v) is 10.2. The number of rotatable bonds is 14. The van der Waals surface area contributed by atoms with Crippen LogP contribution in [0.1, 0.15) is 93.2 Å². The Bertz CT molecular complexity index is 2240. The lowest BCUT2D eigenvalue weighted by atomic mass is 9.78. The number of nitrogens with one attached hydrogen (secondary N) is 1. The second kappa shape index (κ2) is 15.7. The third kappa shape index (κ3) is 9.06. The molecule has 1 aliphatic carbocycles. The summed E-state index contributed by atoms with van der Waals surface area (Å²) in [7, 11) is 0. The number of ether oxygens (including phenoxy) is 3. The Kier molecular flexibility index (Phi) is 10.7. The number of hydrogen-bond acceptors (Lipinski definition) is 12. The van der Waals surface area contributed by atoms with E-state index in [1.165, 1.54) is 4.90 Å². The van der Waals surface area contributed by atoms with E-state index in [2.05, 4.69) is 63.5 Å². The first-order valence-corrected chi connectivity index (χ1v) is 19.0. The molecule has 0 saturated heterocycles. The topological polar surface area (TPSA) is 185 Å². The minimum absolute atomic E-state index is 0.0178. The number of carbonyl (C=O) groups is 3. The fourth-order valence-electron chi connectivity index (χ4n) is 7.06. The number of aryl methyl sites for hydroxylation is 1. The van der Waals surface area contributed by atoms with Gasteiger partial charge in [-0.3, -0.25) is 14.4 Å². The molecule has 0 radical (unpaired) electrons. The van der Waals surface area contributed by atoms with Crippen molar-refractivity contribution in [1.82, 2.24) is 25.0 Å². The van der Waals surface area contributed by atoms with Crippen molar-refractivity contribution < 1.29 is 33.1 Å². The predicted octanol–water partition coefficient (Wildman–Crippen LogP) is 6.91. The Hall–Kier alpha value is -6.31. The fourth-order valence-corrected chi connectivity index (χ4v) is 7.06. The van der Waals surface area contributed by atoms with Gasteiger partial charge in [0.1, 0.15) is 29.2 Å². The Morgan fingerprint density at radius 3 is 2.16 bits per heavy atom. The van der Waals surface area contributed by atoms with Gasteiger partial charge in [0.2, 0.25) is 23.4 Å². The Balaban J connectivity index is 0.880. The van der Waals surface area contributed by atoms with Crippen LogP contribution < -0.4 is 20.5 Å². The van der Waals surface area contributed by atoms with Crippen LogP contribution in [-0.4, -0.2) is 66.6 Å². The summed E-state index contributed by atoms with van der Waals surface area (Å²) in [5.41, 5.74) is 9.28. The number of primary amides is 1. The van der Waals surface area contributed by atoms with Crippen molar-refractivity contribution in [3.8, 4) is 28.9 Å². The Morgan fingerprint density at radius 1 is 0.912 bits per heavy atom. The third-order valence-electron chi connectivity index (χ3n) is 10.2. The highest BCUT2D eigenvalue weighted by Gasteiger charge is 2.37. The lowest BCUT2D eigenvalue weighted by Crippen LogP contribution is -2.45. The number of amides is 2. The van der Waals surface area contributed by atoms with Crippen molar-refractivity contribution >= 4 is 23.5 Å². The van der Waals surface area contributed by atoms with Crippen LogP contribution in [0.25, 0.3) is 11.6 Å². The van der Waals surface area contributed by atoms with Gasteiger partial charge >= 0.3 is 5.97 Å². The molecule has 0 bridgehead atoms. The number of nitrogens with zero attached hydrogens (tertiary/aromatic N) is 5. The fraction of sp³-hybridized carbons (Fsp3) is 0.372. The lowest BCUT2D eigenvalue weighted by molar-refractivity contribution is -0.155. The highest BCUT2D eigenvalue weighted by molar-refractivity contribution is 6.01. The molecule has 2 aliphatic rings. The van der Waals surface area contributed by atoms with Gasteiger partial charge in [-0.25, -0.2) is 9.97 Å². The average molecular weight is 774 g/mol. The van der Waals surface area contributed by atoms with E-state index >= 15 is 0 Å². The number of fused-ring (bicyclic) bond motifs is 1. The SMILES string of the molecule is Cc1nc(-c2ncc(Oc3ccc(C(C)(C)c4ccc(O[C@H]5C[C@H](Nc6ccc7c(c6)CN([C@@H](CCC(=O)OC(C)(C)C)C(N)=O)C7=O)C5)cc4)cc3)cn2)no1. The van der Waals surface area contributed by atoms with Gasteiger partial charge in [-0.15, -0.1) is 0 Å². The largest absolute Gasteiger partial charge is 0.490 e. The molecular weight excluding hydrogens is 727 g/mol. The zero-order valence-corrected chi connectivity index (χ0v) is 32.9. The predicted molar refractivity (Wildman–Crippen MR) is 211 cm³/mol. The van der Waals surface area contributed by atoms with Crippen LogP contribution in [-0.2, 0) is 26.3 Å². The number of benzene rings is 3. The summed E-state index contributed by atoms with van der Waals surface area (Å²) in [4.78, 5) is 52.0. The molecule has 1 fully saturated rings. The van der Waals surface area contributed by atoms with Crippen LogP contribution in [0.4, 0.5) is 5.69 Å². The molecule has 7 rings (SSSR count). The van der Waals surface area contributed by atoms with E-state index in [1.54, 1.807) is 46.2 Å². The molecule has 1 aliphatic heterocycles. The summed E-state index contributed by atoms with van der Waals surface area (Å²) in [6.07, 6.45) is 4.96. The standard InChI is InChI=1S/C43H47N7O7/c1-25-47-40(49-57-25)39-45-22-34(23-46-39)55-32-14-9-28(10-15-32)43(5,6)27-7-12-31(13-8-27)54-33-20-30(21-33)48-29-11-16-35-26(19-29)24-50(41(35)53)36(38(44)52)17-18-37(51)56-42(2,3)4/h7-16,19,22-23,30,33,36,48H,17-18,20-21,24H2,1-6H3,(H2,44,52)/t30-,33-,36-/m0/s1. The number of hydrogen-bond donors (Lipinski definition) is 2. The van der Waals surface area contributed by atoms with E-state index in [-0.39, 0.29) is 42.9 Å². The molecule has 0 unspecified atom stereocenters. The van der Waals surface area contributed by atoms with Crippen molar-refractivity contribution in [2.75, 3.05) is 5.32 Å². The minimum Gasteiger partial charge on any atom is -0.490 e. The first-order valence-electron chi connectivity index (χ1n) is 19.0. The van der Waals surface area contributed by atoms with Crippen molar-refractivity contribution in [1.29, 1.82) is 0 Å². The minimum atomic E-state index is -0.910. The van der Waals surface area contributed by atoms with Crippen LogP contribution in [0, 0.1) is 6.92 Å². The van der Waals surface area contributed by atoms with E-state index in [0.29, 0.717) is 34.6 Å². The van der Waals surface area contributed by atoms with Crippen molar-refractivity contribution in [2.24, 2.45) is 5.73 Å². The molecule has 3 N–H and O–H groups in total. The first kappa shape index (κ1) is 38.9. The monoisotopic (exact) mass is 773 g/mol. The number of esters is 1. The maximum atomic E-state index is 13.2. The van der Waals surface area contributed by atoms with E-state index in [4.69, 9.17) is 24.5 Å². The number of nitrogens with two attached hydrogens (primary N) is 1. The van der Waals surface area contributed by atoms with Crippen LogP contribution in [0.3, 0.4) is 0 Å². The highest BCUT2D eigenvalue weighted by Crippen LogP contribution is 2.36. The van der Waals surface area contributed by atoms with Gasteiger partial charge in [-0.2, -0.15) is 4.98 Å². The number of anilines is 1. The second-order valence-electron chi connectivity index (χ2n) is 16.1. The van der Waals surface area contributed by atoms with Crippen LogP contribution in [0.15, 0.2) is 83.6 Å². The average Bonchev–Trinajstić information content (AvgIpc) is 3.73. The molecule has 1 atom stereocenters. The molecule has 2 amide bonds. The van der Waals surface area contributed by atoms with Crippen LogP contribution in [0.2, 0.25) is 0 Å². The molecule has 296 valence electrons. The molecule has 5 aromatic rings. The summed E-state index contributed by atoms with van der Waals surface area (Å²) < 4.78 is 22.6. The number of carbonyl (C=O) groups excluding carboxylic acids is 3. The van der Waals surface area contributed by atoms with Gasteiger partial charge < -0.3 is 34.7 Å². The summed E-state index contributed by atoms with van der Waals surface area (Å²) in [5, 5.41) is 7.40. The maximum absolute atomic E-state index is 13.2. The normalized spacial score (nSPS) is 17.0. The first-order chi connectivity index (χ1) is 27.1. The summed E-state index contributed by atoms with van der Waals surface area (Å²) in [6, 6.07) is 21.1. The van der Waals surface area contributed by atoms with E-state index in [9.17, 15) is 14.4 Å². The van der Waals surface area contributed by atoms with E-state index in [0.717, 1.165) is 41.0 Å². The lowest BCUT2D eigenvalue weighted by Gasteiger charge is -2.36. The van der Waals surface area contributed by atoms with Crippen molar-refractivity contribution in [3.05, 3.63) is 107 Å². The molecule has 57 heavy (non-hydrogen) atoms. The quantitative estimate of drug-likeness (QED) is 0.111. The van der Waals surface area contributed by atoms with Crippen molar-refractivity contribution in [3.63, 3.8) is 0 Å². The maximum Gasteiger partial charge on any atom is 0.306 e. The molecule has 1 saturated carbocycles. The van der Waals surface area contributed by atoms with Gasteiger partial charge in [0.05, 0.1) is 12.4 Å². The van der Waals surface area contributed by atoms with Crippen molar-refractivity contribution in [2.45, 2.75) is 103 Å². The van der Waals surface area contributed by atoms with Gasteiger partial charge in [0, 0.05) is 55.4 Å². The smallest absolute Gasteiger partial charge is 0.306 e. The Labute approximate surface area is 331 Å². The zero-order valence-electron chi connectivity index (χ0n) is 32.9. The van der Waals surface area contributed by atoms with Crippen LogP contribution >= 0.6 is 0 Å². The van der Waals surface area contributed by atoms with Gasteiger partial charge in [0.15, 0.2) is 5.75 Å². The number of aromatic nitrogens is 4. The van der Waals surface area contributed by atoms with Gasteiger partial charge in [-0.05, 0) is 86.3 Å². The molecule has 14 heteroatoms. The van der Waals surface area contributed by atoms with E-state index in [1.807, 2.05) is 36.4 Å². The van der Waals surface area contributed by atoms with E-state index < -0.39 is 23.5 Å². The summed E-state index contributed by atoms with van der Waals surface area (Å²) >= 11 is 0. The second-order valence-corrected chi connectivity index (χ2v) is 16.1.